The van der Waals surface area contributed by atoms with Crippen molar-refractivity contribution in [1.29, 1.82) is 0 Å². The minimum Gasteiger partial charge on any atom is -0.393 e. The molecule has 164 valence electrons. The van der Waals surface area contributed by atoms with Gasteiger partial charge < -0.3 is 14.9 Å². The predicted octanol–water partition coefficient (Wildman–Crippen LogP) is 1.75. The molecule has 1 N–H and O–H groups in total. The van der Waals surface area contributed by atoms with Gasteiger partial charge in [-0.25, -0.2) is 9.97 Å². The molecule has 3 fully saturated rings. The molecule has 8 nitrogen and oxygen atoms in total. The highest BCUT2D eigenvalue weighted by molar-refractivity contribution is 5.86. The number of amides is 1. The fraction of sp³-hybridized carbons (Fsp3) is 0.565. The molecule has 5 rings (SSSR count). The number of hydrogen-bond donors (Lipinski definition) is 1. The molecule has 2 aliphatic heterocycles. The Labute approximate surface area is 181 Å². The lowest BCUT2D eigenvalue weighted by Crippen LogP contribution is -2.50. The third-order valence-corrected chi connectivity index (χ3v) is 7.24. The van der Waals surface area contributed by atoms with Crippen molar-refractivity contribution in [2.24, 2.45) is 5.41 Å². The van der Waals surface area contributed by atoms with Crippen molar-refractivity contribution >= 4 is 11.9 Å². The maximum atomic E-state index is 13.5. The van der Waals surface area contributed by atoms with Crippen LogP contribution in [0.25, 0.3) is 5.69 Å². The second-order valence-electron chi connectivity index (χ2n) is 9.17. The Morgan fingerprint density at radius 2 is 1.77 bits per heavy atom. The van der Waals surface area contributed by atoms with Crippen LogP contribution in [0.1, 0.15) is 44.9 Å². The van der Waals surface area contributed by atoms with Crippen LogP contribution in [0.2, 0.25) is 0 Å². The van der Waals surface area contributed by atoms with E-state index in [1.54, 1.807) is 30.7 Å². The number of aliphatic hydroxyl groups is 1. The van der Waals surface area contributed by atoms with Gasteiger partial charge in [-0.15, -0.1) is 0 Å². The van der Waals surface area contributed by atoms with Crippen molar-refractivity contribution in [3.05, 3.63) is 47.1 Å². The first-order valence-electron chi connectivity index (χ1n) is 11.3. The standard InChI is InChI=1S/C23H29N5O3/c29-19-7-5-17(6-8-19)28-13-10-23(21(28)31)9-3-11-26(16-23)22-24-14-18(15-25-22)27-12-2-1-4-20(27)30/h1-2,4,12,14-15,17,19,29H,3,5-11,13,16H2/t17-,19+,23-/m0/s1. The lowest BCUT2D eigenvalue weighted by molar-refractivity contribution is -0.139. The lowest BCUT2D eigenvalue weighted by atomic mass is 9.78. The van der Waals surface area contributed by atoms with E-state index in [0.717, 1.165) is 58.0 Å². The zero-order valence-electron chi connectivity index (χ0n) is 17.7. The molecular formula is C23H29N5O3. The second-order valence-corrected chi connectivity index (χ2v) is 9.17. The summed E-state index contributed by atoms with van der Waals surface area (Å²) in [6.07, 6.45) is 10.9. The summed E-state index contributed by atoms with van der Waals surface area (Å²) in [6.45, 7) is 2.28. The topological polar surface area (TPSA) is 91.6 Å². The minimum absolute atomic E-state index is 0.123. The number of rotatable bonds is 3. The number of carbonyl (C=O) groups is 1. The number of aromatic nitrogens is 3. The summed E-state index contributed by atoms with van der Waals surface area (Å²) >= 11 is 0. The van der Waals surface area contributed by atoms with Crippen LogP contribution in [-0.4, -0.2) is 62.2 Å². The molecule has 8 heteroatoms. The van der Waals surface area contributed by atoms with E-state index in [0.29, 0.717) is 18.2 Å². The second kappa shape index (κ2) is 8.07. The summed E-state index contributed by atoms with van der Waals surface area (Å²) in [5.74, 6) is 0.880. The number of piperidine rings is 1. The van der Waals surface area contributed by atoms with E-state index in [1.165, 1.54) is 10.6 Å². The van der Waals surface area contributed by atoms with Crippen LogP contribution in [0, 0.1) is 5.41 Å². The van der Waals surface area contributed by atoms with E-state index >= 15 is 0 Å². The Hall–Kier alpha value is -2.74. The molecule has 0 bridgehead atoms. The molecule has 2 aromatic heterocycles. The Morgan fingerprint density at radius 3 is 2.52 bits per heavy atom. The van der Waals surface area contributed by atoms with Gasteiger partial charge in [-0.2, -0.15) is 0 Å². The maximum Gasteiger partial charge on any atom is 0.255 e. The van der Waals surface area contributed by atoms with Crippen molar-refractivity contribution in [2.45, 2.75) is 57.1 Å². The van der Waals surface area contributed by atoms with Crippen molar-refractivity contribution in [2.75, 3.05) is 24.5 Å². The molecule has 1 spiro atoms. The fourth-order valence-corrected chi connectivity index (χ4v) is 5.49. The van der Waals surface area contributed by atoms with Crippen LogP contribution in [-0.2, 0) is 4.79 Å². The van der Waals surface area contributed by atoms with E-state index in [4.69, 9.17) is 0 Å². The molecule has 2 aromatic rings. The van der Waals surface area contributed by atoms with Crippen molar-refractivity contribution in [3.63, 3.8) is 0 Å². The summed E-state index contributed by atoms with van der Waals surface area (Å²) in [5.41, 5.74) is 0.151. The van der Waals surface area contributed by atoms with Crippen LogP contribution in [0.5, 0.6) is 0 Å². The average molecular weight is 424 g/mol. The summed E-state index contributed by atoms with van der Waals surface area (Å²) < 4.78 is 1.51. The maximum absolute atomic E-state index is 13.5. The zero-order chi connectivity index (χ0) is 21.4. The van der Waals surface area contributed by atoms with Crippen molar-refractivity contribution < 1.29 is 9.90 Å². The van der Waals surface area contributed by atoms with Gasteiger partial charge in [-0.05, 0) is 51.0 Å². The van der Waals surface area contributed by atoms with Gasteiger partial charge in [0.25, 0.3) is 5.56 Å². The normalized spacial score (nSPS) is 29.0. The molecular weight excluding hydrogens is 394 g/mol. The first-order valence-corrected chi connectivity index (χ1v) is 11.3. The summed E-state index contributed by atoms with van der Waals surface area (Å²) in [7, 11) is 0. The molecule has 3 aliphatic rings. The third kappa shape index (κ3) is 3.73. The van der Waals surface area contributed by atoms with Gasteiger partial charge in [0.1, 0.15) is 0 Å². The van der Waals surface area contributed by atoms with Gasteiger partial charge in [0.2, 0.25) is 11.9 Å². The van der Waals surface area contributed by atoms with Crippen molar-refractivity contribution in [1.82, 2.24) is 19.4 Å². The van der Waals surface area contributed by atoms with E-state index in [9.17, 15) is 14.7 Å². The first-order chi connectivity index (χ1) is 15.1. The van der Waals surface area contributed by atoms with E-state index < -0.39 is 0 Å². The Kier molecular flexibility index (Phi) is 5.25. The van der Waals surface area contributed by atoms with Gasteiger partial charge in [0, 0.05) is 37.9 Å². The highest BCUT2D eigenvalue weighted by Crippen LogP contribution is 2.43. The van der Waals surface area contributed by atoms with Gasteiger partial charge in [0.15, 0.2) is 0 Å². The van der Waals surface area contributed by atoms with Crippen LogP contribution in [0.4, 0.5) is 5.95 Å². The van der Waals surface area contributed by atoms with E-state index in [-0.39, 0.29) is 29.0 Å². The summed E-state index contributed by atoms with van der Waals surface area (Å²) in [5, 5.41) is 9.80. The highest BCUT2D eigenvalue weighted by atomic mass is 16.3. The minimum atomic E-state index is -0.354. The van der Waals surface area contributed by atoms with Crippen LogP contribution in [0.3, 0.4) is 0 Å². The molecule has 0 radical (unpaired) electrons. The number of aliphatic hydroxyl groups excluding tert-OH is 1. The van der Waals surface area contributed by atoms with Gasteiger partial charge in [-0.3, -0.25) is 14.2 Å². The largest absolute Gasteiger partial charge is 0.393 e. The van der Waals surface area contributed by atoms with Crippen molar-refractivity contribution in [3.8, 4) is 5.69 Å². The predicted molar refractivity (Wildman–Crippen MR) is 116 cm³/mol. The lowest BCUT2D eigenvalue weighted by Gasteiger charge is -2.40. The van der Waals surface area contributed by atoms with Gasteiger partial charge in [-0.1, -0.05) is 6.07 Å². The molecule has 1 saturated carbocycles. The Bertz CT molecular complexity index is 999. The average Bonchev–Trinajstić information content (AvgIpc) is 3.10. The monoisotopic (exact) mass is 423 g/mol. The number of likely N-dealkylation sites (tertiary alicyclic amines) is 1. The Balaban J connectivity index is 1.31. The molecule has 1 aliphatic carbocycles. The van der Waals surface area contributed by atoms with E-state index in [2.05, 4.69) is 19.8 Å². The van der Waals surface area contributed by atoms with Crippen LogP contribution >= 0.6 is 0 Å². The van der Waals surface area contributed by atoms with Crippen LogP contribution < -0.4 is 10.5 Å². The number of carbonyl (C=O) groups excluding carboxylic acids is 1. The number of hydrogen-bond acceptors (Lipinski definition) is 6. The molecule has 4 heterocycles. The van der Waals surface area contributed by atoms with Gasteiger partial charge >= 0.3 is 0 Å². The number of anilines is 1. The molecule has 0 unspecified atom stereocenters. The number of pyridine rings is 1. The third-order valence-electron chi connectivity index (χ3n) is 7.24. The molecule has 0 aromatic carbocycles. The quantitative estimate of drug-likeness (QED) is 0.809. The fourth-order valence-electron chi connectivity index (χ4n) is 5.49. The number of nitrogens with zero attached hydrogens (tertiary/aromatic N) is 5. The zero-order valence-corrected chi connectivity index (χ0v) is 17.7. The molecule has 31 heavy (non-hydrogen) atoms. The highest BCUT2D eigenvalue weighted by Gasteiger charge is 2.50. The molecule has 1 atom stereocenters. The summed E-state index contributed by atoms with van der Waals surface area (Å²) in [4.78, 5) is 38.7. The van der Waals surface area contributed by atoms with Crippen LogP contribution in [0.15, 0.2) is 41.6 Å². The summed E-state index contributed by atoms with van der Waals surface area (Å²) in [6, 6.07) is 5.28. The first kappa shape index (κ1) is 20.2. The molecule has 2 saturated heterocycles. The van der Waals surface area contributed by atoms with E-state index in [1.807, 2.05) is 0 Å². The molecule has 1 amide bonds. The smallest absolute Gasteiger partial charge is 0.255 e. The Morgan fingerprint density at radius 1 is 1.00 bits per heavy atom. The van der Waals surface area contributed by atoms with Gasteiger partial charge in [0.05, 0.1) is 29.6 Å². The SMILES string of the molecule is O=C1N([C@H]2CC[C@@H](O)CC2)CC[C@]12CCCN(c1ncc(-n3ccccc3=O)cn1)C2.